The van der Waals surface area contributed by atoms with E-state index in [2.05, 4.69) is 0 Å². The lowest BCUT2D eigenvalue weighted by molar-refractivity contribution is -0.277. The summed E-state index contributed by atoms with van der Waals surface area (Å²) in [4.78, 5) is 0. The number of rotatable bonds is 5. The summed E-state index contributed by atoms with van der Waals surface area (Å²) in [5.74, 6) is 1.44. The molecule has 0 saturated carbocycles. The average molecular weight is 504 g/mol. The quantitative estimate of drug-likeness (QED) is 0.383. The highest BCUT2D eigenvalue weighted by Gasteiger charge is 2.49. The molecule has 0 spiro atoms. The third-order valence-corrected chi connectivity index (χ3v) is 7.39. The minimum Gasteiger partial charge on any atom is -0.504 e. The Bertz CT molecular complexity index is 1110. The van der Waals surface area contributed by atoms with Gasteiger partial charge in [0.2, 0.25) is 13.1 Å². The van der Waals surface area contributed by atoms with Crippen LogP contribution in [0.4, 0.5) is 0 Å². The second kappa shape index (κ2) is 9.34. The monoisotopic (exact) mass is 504 g/mol. The zero-order valence-electron chi connectivity index (χ0n) is 19.2. The predicted molar refractivity (Wildman–Crippen MR) is 119 cm³/mol. The van der Waals surface area contributed by atoms with Crippen LogP contribution in [-0.4, -0.2) is 82.9 Å². The molecule has 11 heteroatoms. The zero-order valence-corrected chi connectivity index (χ0v) is 19.2. The summed E-state index contributed by atoms with van der Waals surface area (Å²) < 4.78 is 34.1. The highest BCUT2D eigenvalue weighted by Crippen LogP contribution is 2.51. The van der Waals surface area contributed by atoms with Crippen molar-refractivity contribution >= 4 is 0 Å². The topological polar surface area (TPSA) is 157 Å². The smallest absolute Gasteiger partial charge is 0.231 e. The van der Waals surface area contributed by atoms with Crippen molar-refractivity contribution in [2.75, 3.05) is 26.6 Å². The maximum Gasteiger partial charge on any atom is 0.231 e. The SMILES string of the molecule is OC[C@H]1O[C@@H](Oc2ccc([C@@H]3OC[C@@H]4[C@H]3CO[C@H]4c3ccc4c(c3)OCO4)cc2O)[C@H](O)[C@@H](O)[C@@H]1O. The van der Waals surface area contributed by atoms with E-state index in [1.807, 2.05) is 18.2 Å². The number of hydrogen-bond donors (Lipinski definition) is 5. The number of phenols is 1. The highest BCUT2D eigenvalue weighted by atomic mass is 16.7. The molecule has 5 N–H and O–H groups in total. The normalized spacial score (nSPS) is 37.2. The Morgan fingerprint density at radius 1 is 0.806 bits per heavy atom. The number of aliphatic hydroxyl groups excluding tert-OH is 4. The van der Waals surface area contributed by atoms with E-state index < -0.39 is 37.3 Å². The van der Waals surface area contributed by atoms with Gasteiger partial charge < -0.3 is 54.0 Å². The van der Waals surface area contributed by atoms with Gasteiger partial charge in [-0.1, -0.05) is 12.1 Å². The maximum absolute atomic E-state index is 10.6. The zero-order chi connectivity index (χ0) is 25.0. The molecular weight excluding hydrogens is 476 g/mol. The molecule has 0 unspecified atom stereocenters. The van der Waals surface area contributed by atoms with Crippen molar-refractivity contribution in [3.63, 3.8) is 0 Å². The van der Waals surface area contributed by atoms with E-state index in [9.17, 15) is 25.5 Å². The lowest BCUT2D eigenvalue weighted by Gasteiger charge is -2.39. The first-order valence-corrected chi connectivity index (χ1v) is 11.9. The van der Waals surface area contributed by atoms with Gasteiger partial charge in [0.1, 0.15) is 24.4 Å². The van der Waals surface area contributed by atoms with E-state index in [-0.39, 0.29) is 42.3 Å². The molecule has 0 radical (unpaired) electrons. The van der Waals surface area contributed by atoms with Gasteiger partial charge in [0.25, 0.3) is 0 Å². The predicted octanol–water partition coefficient (Wildman–Crippen LogP) is 0.375. The molecule has 4 heterocycles. The molecule has 0 bridgehead atoms. The molecule has 3 saturated heterocycles. The fourth-order valence-electron chi connectivity index (χ4n) is 5.43. The molecule has 0 aromatic heterocycles. The summed E-state index contributed by atoms with van der Waals surface area (Å²) in [7, 11) is 0. The van der Waals surface area contributed by atoms with Crippen molar-refractivity contribution in [2.24, 2.45) is 11.8 Å². The second-order valence-corrected chi connectivity index (χ2v) is 9.49. The molecule has 2 aromatic carbocycles. The fraction of sp³-hybridized carbons (Fsp3) is 0.520. The number of phenolic OH excluding ortho intramolecular Hbond substituents is 1. The first kappa shape index (κ1) is 23.7. The Kier molecular flexibility index (Phi) is 6.16. The van der Waals surface area contributed by atoms with E-state index in [0.29, 0.717) is 19.0 Å². The number of aromatic hydroxyl groups is 1. The Morgan fingerprint density at radius 2 is 1.47 bits per heavy atom. The van der Waals surface area contributed by atoms with Crippen molar-refractivity contribution in [1.82, 2.24) is 0 Å². The second-order valence-electron chi connectivity index (χ2n) is 9.49. The molecule has 36 heavy (non-hydrogen) atoms. The van der Waals surface area contributed by atoms with Crippen molar-refractivity contribution in [3.8, 4) is 23.0 Å². The van der Waals surface area contributed by atoms with Crippen LogP contribution >= 0.6 is 0 Å². The largest absolute Gasteiger partial charge is 0.504 e. The number of hydrogen-bond acceptors (Lipinski definition) is 11. The lowest BCUT2D eigenvalue weighted by atomic mass is 9.85. The first-order valence-electron chi connectivity index (χ1n) is 11.9. The molecule has 9 atom stereocenters. The van der Waals surface area contributed by atoms with E-state index >= 15 is 0 Å². The van der Waals surface area contributed by atoms with Crippen LogP contribution in [0.5, 0.6) is 23.0 Å². The summed E-state index contributed by atoms with van der Waals surface area (Å²) in [6.07, 6.45) is -7.59. The molecule has 0 amide bonds. The minimum absolute atomic E-state index is 0.0125. The van der Waals surface area contributed by atoms with E-state index in [1.54, 1.807) is 6.07 Å². The molecule has 0 aliphatic carbocycles. The van der Waals surface area contributed by atoms with Crippen LogP contribution in [0.3, 0.4) is 0 Å². The third-order valence-electron chi connectivity index (χ3n) is 7.39. The summed E-state index contributed by atoms with van der Waals surface area (Å²) in [5.41, 5.74) is 1.75. The Balaban J connectivity index is 1.15. The van der Waals surface area contributed by atoms with Crippen molar-refractivity contribution < 1.29 is 54.0 Å². The van der Waals surface area contributed by atoms with Gasteiger partial charge in [-0.15, -0.1) is 0 Å². The van der Waals surface area contributed by atoms with Gasteiger partial charge >= 0.3 is 0 Å². The number of benzene rings is 2. The van der Waals surface area contributed by atoms with Crippen LogP contribution in [0.1, 0.15) is 23.3 Å². The number of ether oxygens (including phenoxy) is 6. The number of aliphatic hydroxyl groups is 4. The summed E-state index contributed by atoms with van der Waals surface area (Å²) in [6.45, 7) is 0.629. The van der Waals surface area contributed by atoms with Crippen LogP contribution in [0.15, 0.2) is 36.4 Å². The van der Waals surface area contributed by atoms with Gasteiger partial charge in [0.15, 0.2) is 23.0 Å². The molecule has 194 valence electrons. The van der Waals surface area contributed by atoms with E-state index in [0.717, 1.165) is 16.9 Å². The average Bonchev–Trinajstić information content (AvgIpc) is 3.61. The first-order chi connectivity index (χ1) is 17.4. The molecule has 3 fully saturated rings. The van der Waals surface area contributed by atoms with Crippen molar-refractivity contribution in [3.05, 3.63) is 47.5 Å². The molecule has 6 rings (SSSR count). The molecular formula is C25H28O11. The van der Waals surface area contributed by atoms with Gasteiger partial charge in [0, 0.05) is 11.8 Å². The fourth-order valence-corrected chi connectivity index (χ4v) is 5.43. The van der Waals surface area contributed by atoms with E-state index in [1.165, 1.54) is 12.1 Å². The van der Waals surface area contributed by atoms with Gasteiger partial charge in [0.05, 0.1) is 32.0 Å². The van der Waals surface area contributed by atoms with Gasteiger partial charge in [-0.25, -0.2) is 0 Å². The van der Waals surface area contributed by atoms with E-state index in [4.69, 9.17) is 28.4 Å². The highest BCUT2D eigenvalue weighted by molar-refractivity contribution is 5.46. The third kappa shape index (κ3) is 3.97. The minimum atomic E-state index is -1.58. The van der Waals surface area contributed by atoms with Crippen LogP contribution in [0.25, 0.3) is 0 Å². The summed E-state index contributed by atoms with van der Waals surface area (Å²) >= 11 is 0. The Hall–Kier alpha value is -2.64. The molecule has 11 nitrogen and oxygen atoms in total. The lowest BCUT2D eigenvalue weighted by Crippen LogP contribution is -2.60. The Labute approximate surface area is 206 Å². The Morgan fingerprint density at radius 3 is 2.17 bits per heavy atom. The van der Waals surface area contributed by atoms with Crippen LogP contribution in [0.2, 0.25) is 0 Å². The van der Waals surface area contributed by atoms with Crippen molar-refractivity contribution in [2.45, 2.75) is 42.9 Å². The number of fused-ring (bicyclic) bond motifs is 2. The van der Waals surface area contributed by atoms with Gasteiger partial charge in [-0.2, -0.15) is 0 Å². The van der Waals surface area contributed by atoms with Crippen LogP contribution < -0.4 is 14.2 Å². The molecule has 2 aromatic rings. The summed E-state index contributed by atoms with van der Waals surface area (Å²) in [6, 6.07) is 10.6. The van der Waals surface area contributed by atoms with Gasteiger partial charge in [-0.05, 0) is 35.4 Å². The van der Waals surface area contributed by atoms with Gasteiger partial charge in [-0.3, -0.25) is 0 Å². The molecule has 4 aliphatic heterocycles. The standard InChI is InChI=1S/C25H28O11/c26-7-19-20(28)21(29)22(30)25(36-19)35-16-3-1-11(5-15(16)27)23-13-8-32-24(14(13)9-31-23)12-2-4-17-18(6-12)34-10-33-17/h1-6,13-14,19-30H,7-10H2/t13-,14-,19-,20-,21+,22-,23+,24+,25-/m1/s1. The van der Waals surface area contributed by atoms with Crippen LogP contribution in [-0.2, 0) is 14.2 Å². The summed E-state index contributed by atoms with van der Waals surface area (Å²) in [5, 5.41) is 50.1. The molecule has 4 aliphatic rings. The maximum atomic E-state index is 10.6. The van der Waals surface area contributed by atoms with Crippen molar-refractivity contribution in [1.29, 1.82) is 0 Å². The van der Waals surface area contributed by atoms with Crippen LogP contribution in [0, 0.1) is 11.8 Å².